The Hall–Kier alpha value is -3.12. The number of nitrogens with zero attached hydrogens (tertiary/aromatic N) is 3. The quantitative estimate of drug-likeness (QED) is 0.155. The van der Waals surface area contributed by atoms with Crippen LogP contribution in [-0.2, 0) is 27.2 Å². The molecule has 266 valence electrons. The van der Waals surface area contributed by atoms with E-state index in [4.69, 9.17) is 0 Å². The number of aliphatic hydroxyl groups is 2. The van der Waals surface area contributed by atoms with Crippen molar-refractivity contribution in [3.8, 4) is 0 Å². The third-order valence-electron chi connectivity index (χ3n) is 9.26. The van der Waals surface area contributed by atoms with Gasteiger partial charge in [-0.3, -0.25) is 14.4 Å². The summed E-state index contributed by atoms with van der Waals surface area (Å²) in [4.78, 5) is 49.4. The van der Waals surface area contributed by atoms with Gasteiger partial charge in [0.05, 0.1) is 23.4 Å². The summed E-state index contributed by atoms with van der Waals surface area (Å²) < 4.78 is 0. The molecule has 11 heteroatoms. The number of aryl methyl sites for hydroxylation is 1. The predicted molar refractivity (Wildman–Crippen MR) is 191 cm³/mol. The lowest BCUT2D eigenvalue weighted by atomic mass is 9.82. The molecule has 2 aromatic rings. The molecule has 1 fully saturated rings. The molecule has 1 aromatic heterocycles. The van der Waals surface area contributed by atoms with E-state index in [1.807, 2.05) is 54.7 Å². The number of hydrogen-bond donors (Lipinski definition) is 4. The molecule has 1 aliphatic rings. The molecule has 48 heavy (non-hydrogen) atoms. The second kappa shape index (κ2) is 20.4. The first-order valence-corrected chi connectivity index (χ1v) is 18.3. The molecule has 0 aliphatic heterocycles. The number of rotatable bonds is 20. The van der Waals surface area contributed by atoms with Crippen LogP contribution < -0.4 is 10.6 Å². The van der Waals surface area contributed by atoms with Crippen LogP contribution in [0.25, 0.3) is 0 Å². The summed E-state index contributed by atoms with van der Waals surface area (Å²) in [5.41, 5.74) is 4.14. The smallest absolute Gasteiger partial charge is 0.243 e. The Morgan fingerprint density at radius 3 is 2.33 bits per heavy atom. The van der Waals surface area contributed by atoms with E-state index in [-0.39, 0.29) is 31.1 Å². The van der Waals surface area contributed by atoms with Crippen LogP contribution in [0.3, 0.4) is 0 Å². The fourth-order valence-electron chi connectivity index (χ4n) is 6.29. The van der Waals surface area contributed by atoms with E-state index >= 15 is 0 Å². The minimum Gasteiger partial charge on any atom is -0.390 e. The molecule has 3 amide bonds. The molecule has 0 radical (unpaired) electrons. The Bertz CT molecular complexity index is 1270. The van der Waals surface area contributed by atoms with Crippen LogP contribution in [-0.4, -0.2) is 101 Å². The standard InChI is InChI=1S/C37H57N5O5S/c1-26(2)20-33(43)35(45)31(21-28-14-10-7-11-15-28)39-37(47)32(23-30-24-48-25-38-30)40-36(46)29(17-16-27-12-8-6-9-13-27)22-34(44)42(5)19-18-41(3)4/h6,8-9,12-13,24-25,28-29,31-33,35,43,45H,1,7,10-11,14-23H2,2-5H3,(H,39,47)(H,40,46)/t29-,31+,32+,33+,35-/m1/s1. The highest BCUT2D eigenvalue weighted by Gasteiger charge is 2.34. The molecule has 4 N–H and O–H groups in total. The van der Waals surface area contributed by atoms with Crippen LogP contribution in [0, 0.1) is 11.8 Å². The topological polar surface area (TPSA) is 135 Å². The molecule has 3 rings (SSSR count). The van der Waals surface area contributed by atoms with E-state index < -0.39 is 36.1 Å². The highest BCUT2D eigenvalue weighted by atomic mass is 32.1. The summed E-state index contributed by atoms with van der Waals surface area (Å²) in [6, 6.07) is 8.14. The molecule has 1 aromatic carbocycles. The average molecular weight is 684 g/mol. The zero-order valence-corrected chi connectivity index (χ0v) is 30.1. The molecular weight excluding hydrogens is 627 g/mol. The number of amides is 3. The molecular formula is C37H57N5O5S. The molecule has 1 aliphatic carbocycles. The van der Waals surface area contributed by atoms with Gasteiger partial charge < -0.3 is 30.6 Å². The van der Waals surface area contributed by atoms with Gasteiger partial charge in [-0.1, -0.05) is 68.0 Å². The van der Waals surface area contributed by atoms with Gasteiger partial charge in [0.1, 0.15) is 12.1 Å². The Kier molecular flexibility index (Phi) is 16.7. The van der Waals surface area contributed by atoms with Crippen LogP contribution in [0.15, 0.2) is 53.4 Å². The van der Waals surface area contributed by atoms with Crippen molar-refractivity contribution < 1.29 is 24.6 Å². The van der Waals surface area contributed by atoms with E-state index in [0.29, 0.717) is 44.0 Å². The number of hydrogen-bond acceptors (Lipinski definition) is 8. The maximum absolute atomic E-state index is 14.0. The lowest BCUT2D eigenvalue weighted by Gasteiger charge is -2.33. The van der Waals surface area contributed by atoms with E-state index in [2.05, 4.69) is 22.2 Å². The number of carbonyl (C=O) groups excluding carboxylic acids is 3. The molecule has 1 saturated carbocycles. The largest absolute Gasteiger partial charge is 0.390 e. The Morgan fingerprint density at radius 2 is 1.71 bits per heavy atom. The fourth-order valence-corrected chi connectivity index (χ4v) is 6.87. The molecule has 0 saturated heterocycles. The summed E-state index contributed by atoms with van der Waals surface area (Å²) in [6.45, 7) is 6.91. The first-order chi connectivity index (χ1) is 22.9. The van der Waals surface area contributed by atoms with Gasteiger partial charge in [0.2, 0.25) is 17.7 Å². The fraction of sp³-hybridized carbons (Fsp3) is 0.622. The lowest BCUT2D eigenvalue weighted by molar-refractivity contribution is -0.137. The van der Waals surface area contributed by atoms with Gasteiger partial charge in [0.15, 0.2) is 0 Å². The second-order valence-electron chi connectivity index (χ2n) is 13.9. The number of thiazole rings is 1. The van der Waals surface area contributed by atoms with Crippen molar-refractivity contribution in [3.05, 3.63) is 64.6 Å². The summed E-state index contributed by atoms with van der Waals surface area (Å²) in [6.07, 6.45) is 5.08. The van der Waals surface area contributed by atoms with Crippen molar-refractivity contribution in [3.63, 3.8) is 0 Å². The normalized spacial score (nSPS) is 16.8. The number of benzene rings is 1. The van der Waals surface area contributed by atoms with Gasteiger partial charge in [-0.25, -0.2) is 4.98 Å². The van der Waals surface area contributed by atoms with Crippen LogP contribution in [0.2, 0.25) is 0 Å². The molecule has 1 heterocycles. The third-order valence-corrected chi connectivity index (χ3v) is 9.89. The van der Waals surface area contributed by atoms with E-state index in [9.17, 15) is 24.6 Å². The summed E-state index contributed by atoms with van der Waals surface area (Å²) in [5, 5.41) is 29.9. The van der Waals surface area contributed by atoms with Gasteiger partial charge in [0, 0.05) is 44.3 Å². The second-order valence-corrected chi connectivity index (χ2v) is 14.6. The maximum atomic E-state index is 14.0. The Labute approximate surface area is 291 Å². The Balaban J connectivity index is 1.82. The van der Waals surface area contributed by atoms with Gasteiger partial charge in [0.25, 0.3) is 0 Å². The van der Waals surface area contributed by atoms with Crippen LogP contribution in [0.4, 0.5) is 0 Å². The van der Waals surface area contributed by atoms with E-state index in [1.165, 1.54) is 17.8 Å². The first-order valence-electron chi connectivity index (χ1n) is 17.3. The lowest BCUT2D eigenvalue weighted by Crippen LogP contribution is -2.56. The number of carbonyl (C=O) groups is 3. The molecule has 0 unspecified atom stereocenters. The first kappa shape index (κ1) is 39.3. The average Bonchev–Trinajstić information content (AvgIpc) is 3.58. The van der Waals surface area contributed by atoms with Gasteiger partial charge in [-0.2, -0.15) is 0 Å². The zero-order chi connectivity index (χ0) is 35.1. The van der Waals surface area contributed by atoms with Crippen LogP contribution in [0.5, 0.6) is 0 Å². The SMILES string of the molecule is C=C(C)C[C@H](O)[C@H](O)[C@H](CC1CCCCC1)NC(=O)[C@H](Cc1cscn1)NC(=O)[C@H](CCc1ccccc1)CC(=O)N(C)CCN(C)C. The number of likely N-dealkylation sites (N-methyl/N-ethyl adjacent to an activating group) is 2. The van der Waals surface area contributed by atoms with Crippen molar-refractivity contribution in [2.45, 2.75) is 102 Å². The highest BCUT2D eigenvalue weighted by molar-refractivity contribution is 7.07. The summed E-state index contributed by atoms with van der Waals surface area (Å²) >= 11 is 1.40. The van der Waals surface area contributed by atoms with Gasteiger partial charge in [-0.15, -0.1) is 17.9 Å². The van der Waals surface area contributed by atoms with Crippen molar-refractivity contribution in [2.24, 2.45) is 11.8 Å². The van der Waals surface area contributed by atoms with Crippen molar-refractivity contribution in [2.75, 3.05) is 34.2 Å². The van der Waals surface area contributed by atoms with Crippen LogP contribution >= 0.6 is 11.3 Å². The molecule has 0 bridgehead atoms. The summed E-state index contributed by atoms with van der Waals surface area (Å²) in [7, 11) is 5.64. The number of aliphatic hydroxyl groups excluding tert-OH is 2. The number of nitrogens with one attached hydrogen (secondary N) is 2. The minimum absolute atomic E-state index is 0.0176. The van der Waals surface area contributed by atoms with E-state index in [0.717, 1.165) is 36.8 Å². The summed E-state index contributed by atoms with van der Waals surface area (Å²) in [5.74, 6) is -1.29. The molecule has 5 atom stereocenters. The maximum Gasteiger partial charge on any atom is 0.243 e. The molecule has 0 spiro atoms. The van der Waals surface area contributed by atoms with Gasteiger partial charge in [-0.05, 0) is 58.2 Å². The predicted octanol–water partition coefficient (Wildman–Crippen LogP) is 3.97. The van der Waals surface area contributed by atoms with Gasteiger partial charge >= 0.3 is 0 Å². The van der Waals surface area contributed by atoms with Crippen molar-refractivity contribution in [1.29, 1.82) is 0 Å². The van der Waals surface area contributed by atoms with Crippen molar-refractivity contribution in [1.82, 2.24) is 25.4 Å². The molecule has 10 nitrogen and oxygen atoms in total. The third kappa shape index (κ3) is 13.8. The highest BCUT2D eigenvalue weighted by Crippen LogP contribution is 2.29. The monoisotopic (exact) mass is 683 g/mol. The Morgan fingerprint density at radius 1 is 1.00 bits per heavy atom. The minimum atomic E-state index is -1.20. The zero-order valence-electron chi connectivity index (χ0n) is 29.3. The van der Waals surface area contributed by atoms with Crippen LogP contribution in [0.1, 0.15) is 76.0 Å². The number of aromatic nitrogens is 1. The van der Waals surface area contributed by atoms with Crippen molar-refractivity contribution >= 4 is 29.1 Å². The van der Waals surface area contributed by atoms with E-state index in [1.54, 1.807) is 24.4 Å².